The van der Waals surface area contributed by atoms with Gasteiger partial charge in [0.25, 0.3) is 0 Å². The van der Waals surface area contributed by atoms with E-state index in [0.717, 1.165) is 11.3 Å². The first-order valence-electron chi connectivity index (χ1n) is 9.96. The fourth-order valence-electron chi connectivity index (χ4n) is 3.47. The van der Waals surface area contributed by atoms with E-state index in [4.69, 9.17) is 17.0 Å². The Balaban J connectivity index is 1.65. The molecule has 2 N–H and O–H groups in total. The zero-order valence-electron chi connectivity index (χ0n) is 17.6. The number of morpholine rings is 1. The molecule has 9 nitrogen and oxygen atoms in total. The van der Waals surface area contributed by atoms with Crippen LogP contribution in [0.3, 0.4) is 0 Å². The fraction of sp³-hybridized carbons (Fsp3) is 0.286. The van der Waals surface area contributed by atoms with E-state index in [0.29, 0.717) is 37.2 Å². The van der Waals surface area contributed by atoms with Crippen LogP contribution in [0.1, 0.15) is 5.56 Å². The lowest BCUT2D eigenvalue weighted by Gasteiger charge is -2.26. The van der Waals surface area contributed by atoms with Crippen molar-refractivity contribution in [2.75, 3.05) is 31.6 Å². The van der Waals surface area contributed by atoms with Gasteiger partial charge in [-0.25, -0.2) is 8.42 Å². The third-order valence-corrected chi connectivity index (χ3v) is 7.34. The number of aromatic nitrogens is 1. The van der Waals surface area contributed by atoms with Crippen molar-refractivity contribution in [2.45, 2.75) is 11.8 Å². The van der Waals surface area contributed by atoms with Crippen molar-refractivity contribution >= 4 is 49.6 Å². The first kappa shape index (κ1) is 22.3. The molecule has 0 unspecified atom stereocenters. The second kappa shape index (κ2) is 8.94. The molecule has 11 heteroatoms. The molecule has 0 amide bonds. The van der Waals surface area contributed by atoms with E-state index < -0.39 is 10.0 Å². The van der Waals surface area contributed by atoms with Crippen molar-refractivity contribution in [3.63, 3.8) is 0 Å². The van der Waals surface area contributed by atoms with Gasteiger partial charge in [0.1, 0.15) is 0 Å². The highest BCUT2D eigenvalue weighted by atomic mass is 32.2. The third kappa shape index (κ3) is 4.37. The summed E-state index contributed by atoms with van der Waals surface area (Å²) in [7, 11) is -2.03. The molecule has 0 bridgehead atoms. The summed E-state index contributed by atoms with van der Waals surface area (Å²) in [4.78, 5) is 0.120. The lowest BCUT2D eigenvalue weighted by molar-refractivity contribution is 0.0730. The first-order chi connectivity index (χ1) is 15.3. The molecule has 1 saturated heterocycles. The number of nitrogens with one attached hydrogen (secondary N) is 1. The van der Waals surface area contributed by atoms with Crippen LogP contribution in [-0.2, 0) is 21.8 Å². The summed E-state index contributed by atoms with van der Waals surface area (Å²) in [6.45, 7) is 3.30. The number of aromatic hydroxyl groups is 1. The maximum absolute atomic E-state index is 13.0. The number of fused-ring (bicyclic) bond motifs is 1. The molecule has 1 aliphatic heterocycles. The van der Waals surface area contributed by atoms with Gasteiger partial charge >= 0.3 is 0 Å². The number of benzene rings is 2. The molecule has 2 heterocycles. The smallest absolute Gasteiger partial charge is 0.243 e. The Labute approximate surface area is 191 Å². The Morgan fingerprint density at radius 3 is 2.53 bits per heavy atom. The number of azo groups is 1. The molecule has 0 saturated carbocycles. The normalized spacial score (nSPS) is 15.4. The topological polar surface area (TPSA) is 109 Å². The Bertz CT molecular complexity index is 1290. The lowest BCUT2D eigenvalue weighted by atomic mass is 10.2. The zero-order chi connectivity index (χ0) is 22.9. The highest BCUT2D eigenvalue weighted by molar-refractivity contribution is 7.89. The van der Waals surface area contributed by atoms with Gasteiger partial charge in [-0.15, -0.1) is 10.2 Å². The highest BCUT2D eigenvalue weighted by Crippen LogP contribution is 2.39. The van der Waals surface area contributed by atoms with Gasteiger partial charge in [-0.3, -0.25) is 0 Å². The lowest BCUT2D eigenvalue weighted by Crippen LogP contribution is -2.40. The van der Waals surface area contributed by atoms with Gasteiger partial charge in [0.05, 0.1) is 23.6 Å². The van der Waals surface area contributed by atoms with Gasteiger partial charge in [0.15, 0.2) is 5.69 Å². The maximum Gasteiger partial charge on any atom is 0.243 e. The minimum absolute atomic E-state index is 0.113. The summed E-state index contributed by atoms with van der Waals surface area (Å²) in [5.74, 6) is -0.136. The number of sulfonamides is 1. The summed E-state index contributed by atoms with van der Waals surface area (Å²) >= 11 is 5.24. The molecule has 4 rings (SSSR count). The number of nitrogens with zero attached hydrogens (tertiary/aromatic N) is 4. The van der Waals surface area contributed by atoms with Gasteiger partial charge in [-0.05, 0) is 49.5 Å². The van der Waals surface area contributed by atoms with Crippen molar-refractivity contribution in [3.8, 4) is 5.88 Å². The monoisotopic (exact) mass is 473 g/mol. The molecule has 0 aliphatic carbocycles. The molecule has 0 radical (unpaired) electrons. The first-order valence-corrected chi connectivity index (χ1v) is 11.8. The molecular formula is C21H23N5O4S2. The molecule has 168 valence electrons. The quantitative estimate of drug-likeness (QED) is 0.442. The van der Waals surface area contributed by atoms with Crippen LogP contribution in [0.5, 0.6) is 5.88 Å². The van der Waals surface area contributed by atoms with Crippen LogP contribution >= 0.6 is 12.2 Å². The van der Waals surface area contributed by atoms with Crippen LogP contribution in [0.4, 0.5) is 11.4 Å². The van der Waals surface area contributed by atoms with E-state index in [1.54, 1.807) is 13.1 Å². The second-order valence-corrected chi connectivity index (χ2v) is 9.75. The van der Waals surface area contributed by atoms with Crippen LogP contribution in [0, 0.1) is 6.92 Å². The largest absolute Gasteiger partial charge is 0.493 e. The van der Waals surface area contributed by atoms with Gasteiger partial charge in [0.2, 0.25) is 21.0 Å². The number of thiocarbonyl (C=S) groups is 1. The van der Waals surface area contributed by atoms with E-state index in [1.807, 2.05) is 31.2 Å². The minimum atomic E-state index is -3.70. The Morgan fingerprint density at radius 1 is 1.16 bits per heavy atom. The fourth-order valence-corrected chi connectivity index (χ4v) is 5.06. The van der Waals surface area contributed by atoms with E-state index in [-0.39, 0.29) is 21.6 Å². The summed E-state index contributed by atoms with van der Waals surface area (Å²) in [6.07, 6.45) is 0. The zero-order valence-corrected chi connectivity index (χ0v) is 19.3. The number of hydrogen-bond acceptors (Lipinski definition) is 6. The summed E-state index contributed by atoms with van der Waals surface area (Å²) in [5.41, 5.74) is 2.65. The molecule has 3 aromatic rings. The van der Waals surface area contributed by atoms with Crippen molar-refractivity contribution in [1.82, 2.24) is 8.87 Å². The summed E-state index contributed by atoms with van der Waals surface area (Å²) < 4.78 is 34.3. The molecule has 1 aromatic heterocycles. The van der Waals surface area contributed by atoms with E-state index in [9.17, 15) is 13.5 Å². The van der Waals surface area contributed by atoms with E-state index in [2.05, 4.69) is 15.5 Å². The molecule has 1 aliphatic rings. The van der Waals surface area contributed by atoms with Crippen LogP contribution in [0.15, 0.2) is 57.6 Å². The third-order valence-electron chi connectivity index (χ3n) is 5.27. The van der Waals surface area contributed by atoms with Gasteiger partial charge < -0.3 is 19.7 Å². The van der Waals surface area contributed by atoms with Crippen molar-refractivity contribution < 1.29 is 18.3 Å². The van der Waals surface area contributed by atoms with Crippen molar-refractivity contribution in [2.24, 2.45) is 17.3 Å². The number of aryl methyl sites for hydroxylation is 2. The van der Waals surface area contributed by atoms with Crippen molar-refractivity contribution in [3.05, 3.63) is 48.0 Å². The average molecular weight is 474 g/mol. The molecule has 0 atom stereocenters. The number of rotatable bonds is 4. The second-order valence-electron chi connectivity index (χ2n) is 7.42. The predicted molar refractivity (Wildman–Crippen MR) is 126 cm³/mol. The predicted octanol–water partition coefficient (Wildman–Crippen LogP) is 3.69. The Morgan fingerprint density at radius 2 is 1.84 bits per heavy atom. The van der Waals surface area contributed by atoms with Crippen LogP contribution in [-0.4, -0.2) is 53.8 Å². The molecule has 32 heavy (non-hydrogen) atoms. The maximum atomic E-state index is 13.0. The van der Waals surface area contributed by atoms with Crippen LogP contribution in [0.2, 0.25) is 0 Å². The summed E-state index contributed by atoms with van der Waals surface area (Å²) in [6, 6.07) is 12.3. The molecule has 0 spiro atoms. The minimum Gasteiger partial charge on any atom is -0.493 e. The van der Waals surface area contributed by atoms with Crippen LogP contribution in [0.25, 0.3) is 10.9 Å². The van der Waals surface area contributed by atoms with Gasteiger partial charge in [-0.1, -0.05) is 17.7 Å². The van der Waals surface area contributed by atoms with Gasteiger partial charge in [-0.2, -0.15) is 4.31 Å². The Kier molecular flexibility index (Phi) is 6.24. The van der Waals surface area contributed by atoms with Gasteiger partial charge in [0, 0.05) is 31.2 Å². The SMILES string of the molecule is Cc1ccc(NC(=S)N=Nc2c(O)n(C)c3ccc(S(=O)(=O)N4CCOCC4)cc23)cc1. The standard InChI is InChI=1S/C21H23N5O4S2/c1-14-3-5-15(6-4-14)22-21(31)24-23-19-17-13-16(7-8-18(17)25(2)20(19)27)32(28,29)26-9-11-30-12-10-26/h3-8,13,27H,9-12H2,1-2H3,(H,22,31). The molecule has 1 fully saturated rings. The molecular weight excluding hydrogens is 450 g/mol. The number of anilines is 1. The number of ether oxygens (including phenoxy) is 1. The van der Waals surface area contributed by atoms with Crippen LogP contribution < -0.4 is 5.32 Å². The van der Waals surface area contributed by atoms with E-state index >= 15 is 0 Å². The van der Waals surface area contributed by atoms with Crippen molar-refractivity contribution in [1.29, 1.82) is 0 Å². The van der Waals surface area contributed by atoms with E-state index in [1.165, 1.54) is 21.0 Å². The summed E-state index contributed by atoms with van der Waals surface area (Å²) in [5, 5.41) is 22.2. The molecule has 2 aromatic carbocycles. The highest BCUT2D eigenvalue weighted by Gasteiger charge is 2.27. The number of hydrogen-bond donors (Lipinski definition) is 2. The average Bonchev–Trinajstić information content (AvgIpc) is 3.03. The Hall–Kier alpha value is -2.86.